The first kappa shape index (κ1) is 26.1. The minimum atomic E-state index is -0.763. The van der Waals surface area contributed by atoms with Gasteiger partial charge in [0.2, 0.25) is 0 Å². The standard InChI is InChI=1S/C24H31Cl2NO5/c1-15(2)31-21-9-6-17(12-22(21)29-5)10-11-27-24(28)23(32-16(3)4)14-30-18-7-8-19(25)20(26)13-18/h6-9,12-13,15-16,23H,10-11,14H2,1-5H3,(H,27,28). The minimum Gasteiger partial charge on any atom is -0.493 e. The Hall–Kier alpha value is -2.15. The van der Waals surface area contributed by atoms with Crippen LogP contribution in [0.2, 0.25) is 10.0 Å². The van der Waals surface area contributed by atoms with E-state index >= 15 is 0 Å². The topological polar surface area (TPSA) is 66.0 Å². The van der Waals surface area contributed by atoms with Crippen LogP contribution in [0.25, 0.3) is 0 Å². The number of methoxy groups -OCH3 is 1. The molecule has 2 rings (SSSR count). The Labute approximate surface area is 200 Å². The van der Waals surface area contributed by atoms with Gasteiger partial charge in [0.15, 0.2) is 17.6 Å². The van der Waals surface area contributed by atoms with Gasteiger partial charge in [0.25, 0.3) is 5.91 Å². The number of carbonyl (C=O) groups is 1. The highest BCUT2D eigenvalue weighted by Crippen LogP contribution is 2.29. The maximum Gasteiger partial charge on any atom is 0.252 e. The Bertz CT molecular complexity index is 889. The molecule has 2 aromatic rings. The number of hydrogen-bond donors (Lipinski definition) is 1. The molecule has 0 bridgehead atoms. The molecule has 8 heteroatoms. The van der Waals surface area contributed by atoms with Crippen molar-refractivity contribution in [3.8, 4) is 17.2 Å². The van der Waals surface area contributed by atoms with Gasteiger partial charge >= 0.3 is 0 Å². The number of hydrogen-bond acceptors (Lipinski definition) is 5. The van der Waals surface area contributed by atoms with Crippen molar-refractivity contribution in [2.75, 3.05) is 20.3 Å². The molecule has 1 N–H and O–H groups in total. The highest BCUT2D eigenvalue weighted by molar-refractivity contribution is 6.42. The van der Waals surface area contributed by atoms with E-state index in [0.717, 1.165) is 5.56 Å². The van der Waals surface area contributed by atoms with Crippen LogP contribution in [-0.4, -0.2) is 44.5 Å². The summed E-state index contributed by atoms with van der Waals surface area (Å²) in [7, 11) is 1.61. The van der Waals surface area contributed by atoms with Gasteiger partial charge in [0.05, 0.1) is 29.4 Å². The zero-order chi connectivity index (χ0) is 23.7. The van der Waals surface area contributed by atoms with E-state index in [1.165, 1.54) is 0 Å². The van der Waals surface area contributed by atoms with Crippen molar-refractivity contribution in [2.24, 2.45) is 0 Å². The lowest BCUT2D eigenvalue weighted by Gasteiger charge is -2.20. The molecule has 0 heterocycles. The molecule has 176 valence electrons. The first-order valence-electron chi connectivity index (χ1n) is 10.5. The minimum absolute atomic E-state index is 0.0526. The highest BCUT2D eigenvalue weighted by atomic mass is 35.5. The van der Waals surface area contributed by atoms with Crippen molar-refractivity contribution in [3.05, 3.63) is 52.0 Å². The Balaban J connectivity index is 1.92. The molecule has 0 aliphatic carbocycles. The number of rotatable bonds is 12. The predicted molar refractivity (Wildman–Crippen MR) is 127 cm³/mol. The molecular formula is C24H31Cl2NO5. The zero-order valence-electron chi connectivity index (χ0n) is 19.1. The predicted octanol–water partition coefficient (Wildman–Crippen LogP) is 5.32. The quantitative estimate of drug-likeness (QED) is 0.442. The van der Waals surface area contributed by atoms with E-state index in [4.69, 9.17) is 42.1 Å². The zero-order valence-corrected chi connectivity index (χ0v) is 20.6. The number of benzene rings is 2. The third-order valence-electron chi connectivity index (χ3n) is 4.32. The molecule has 6 nitrogen and oxygen atoms in total. The average Bonchev–Trinajstić information content (AvgIpc) is 2.73. The Morgan fingerprint density at radius 1 is 0.969 bits per heavy atom. The summed E-state index contributed by atoms with van der Waals surface area (Å²) in [4.78, 5) is 12.7. The van der Waals surface area contributed by atoms with E-state index in [2.05, 4.69) is 5.32 Å². The summed E-state index contributed by atoms with van der Waals surface area (Å²) in [6.07, 6.45) is -0.216. The molecule has 0 aromatic heterocycles. The van der Waals surface area contributed by atoms with Crippen molar-refractivity contribution >= 4 is 29.1 Å². The largest absolute Gasteiger partial charge is 0.493 e. The van der Waals surface area contributed by atoms with Gasteiger partial charge in [0.1, 0.15) is 12.4 Å². The van der Waals surface area contributed by atoms with Crippen molar-refractivity contribution in [1.82, 2.24) is 5.32 Å². The van der Waals surface area contributed by atoms with E-state index in [1.54, 1.807) is 25.3 Å². The lowest BCUT2D eigenvalue weighted by molar-refractivity contribution is -0.137. The average molecular weight is 484 g/mol. The lowest BCUT2D eigenvalue weighted by atomic mass is 10.1. The molecule has 1 atom stereocenters. The third kappa shape index (κ3) is 8.41. The van der Waals surface area contributed by atoms with Gasteiger partial charge in [-0.1, -0.05) is 29.3 Å². The van der Waals surface area contributed by atoms with Crippen LogP contribution in [0.5, 0.6) is 17.2 Å². The van der Waals surface area contributed by atoms with E-state index < -0.39 is 6.10 Å². The normalized spacial score (nSPS) is 12.0. The maximum atomic E-state index is 12.7. The third-order valence-corrected chi connectivity index (χ3v) is 5.06. The van der Waals surface area contributed by atoms with Gasteiger partial charge in [-0.2, -0.15) is 0 Å². The van der Waals surface area contributed by atoms with Gasteiger partial charge < -0.3 is 24.3 Å². The highest BCUT2D eigenvalue weighted by Gasteiger charge is 2.21. The Kier molecular flexibility index (Phi) is 10.4. The molecule has 32 heavy (non-hydrogen) atoms. The van der Waals surface area contributed by atoms with Crippen LogP contribution in [0.4, 0.5) is 0 Å². The van der Waals surface area contributed by atoms with Gasteiger partial charge in [-0.25, -0.2) is 0 Å². The molecule has 0 aliphatic heterocycles. The fraction of sp³-hybridized carbons (Fsp3) is 0.458. The molecule has 1 amide bonds. The van der Waals surface area contributed by atoms with Crippen molar-refractivity contribution in [2.45, 2.75) is 52.4 Å². The van der Waals surface area contributed by atoms with Crippen LogP contribution in [0, 0.1) is 0 Å². The van der Waals surface area contributed by atoms with Crippen molar-refractivity contribution in [3.63, 3.8) is 0 Å². The van der Waals surface area contributed by atoms with Crippen molar-refractivity contribution in [1.29, 1.82) is 0 Å². The summed E-state index contributed by atoms with van der Waals surface area (Å²) in [5, 5.41) is 3.74. The first-order valence-corrected chi connectivity index (χ1v) is 11.3. The smallest absolute Gasteiger partial charge is 0.252 e. The van der Waals surface area contributed by atoms with Crippen LogP contribution in [-0.2, 0) is 16.0 Å². The van der Waals surface area contributed by atoms with Gasteiger partial charge in [-0.15, -0.1) is 0 Å². The van der Waals surface area contributed by atoms with Gasteiger partial charge in [-0.05, 0) is 63.9 Å². The monoisotopic (exact) mass is 483 g/mol. The summed E-state index contributed by atoms with van der Waals surface area (Å²) >= 11 is 11.9. The van der Waals surface area contributed by atoms with E-state index in [-0.39, 0.29) is 24.7 Å². The number of nitrogens with one attached hydrogen (secondary N) is 1. The van der Waals surface area contributed by atoms with Crippen LogP contribution >= 0.6 is 23.2 Å². The number of amides is 1. The molecule has 0 saturated heterocycles. The SMILES string of the molecule is COc1cc(CCNC(=O)C(COc2ccc(Cl)c(Cl)c2)OC(C)C)ccc1OC(C)C. The van der Waals surface area contributed by atoms with Crippen molar-refractivity contribution < 1.29 is 23.7 Å². The summed E-state index contributed by atoms with van der Waals surface area (Å²) in [5.74, 6) is 1.63. The van der Waals surface area contributed by atoms with E-state index in [1.807, 2.05) is 45.9 Å². The molecule has 0 radical (unpaired) electrons. The Morgan fingerprint density at radius 3 is 2.34 bits per heavy atom. The summed E-state index contributed by atoms with van der Waals surface area (Å²) in [5.41, 5.74) is 1.02. The molecule has 0 spiro atoms. The van der Waals surface area contributed by atoms with Crippen LogP contribution < -0.4 is 19.5 Å². The molecule has 2 aromatic carbocycles. The second kappa shape index (κ2) is 12.8. The number of halogens is 2. The summed E-state index contributed by atoms with van der Waals surface area (Å²) < 4.78 is 22.6. The first-order chi connectivity index (χ1) is 15.2. The molecule has 0 fully saturated rings. The molecule has 0 aliphatic rings. The second-order valence-electron chi connectivity index (χ2n) is 7.75. The van der Waals surface area contributed by atoms with Gasteiger partial charge in [0, 0.05) is 12.6 Å². The Morgan fingerprint density at radius 2 is 1.72 bits per heavy atom. The summed E-state index contributed by atoms with van der Waals surface area (Å²) in [6, 6.07) is 10.7. The van der Waals surface area contributed by atoms with Crippen LogP contribution in [0.1, 0.15) is 33.3 Å². The van der Waals surface area contributed by atoms with E-state index in [9.17, 15) is 4.79 Å². The summed E-state index contributed by atoms with van der Waals surface area (Å²) in [6.45, 7) is 8.15. The van der Waals surface area contributed by atoms with E-state index in [0.29, 0.717) is 40.3 Å². The van der Waals surface area contributed by atoms with Gasteiger partial charge in [-0.3, -0.25) is 4.79 Å². The fourth-order valence-corrected chi connectivity index (χ4v) is 3.19. The number of carbonyl (C=O) groups excluding carboxylic acids is 1. The maximum absolute atomic E-state index is 12.7. The van der Waals surface area contributed by atoms with Crippen LogP contribution in [0.15, 0.2) is 36.4 Å². The molecule has 1 unspecified atom stereocenters. The number of ether oxygens (including phenoxy) is 4. The molecule has 0 saturated carbocycles. The second-order valence-corrected chi connectivity index (χ2v) is 8.57. The fourth-order valence-electron chi connectivity index (χ4n) is 2.91. The van der Waals surface area contributed by atoms with Crippen LogP contribution in [0.3, 0.4) is 0 Å². The molecular weight excluding hydrogens is 453 g/mol. The lowest BCUT2D eigenvalue weighted by Crippen LogP contribution is -2.42.